The molecule has 5 rings (SSSR count). The summed E-state index contributed by atoms with van der Waals surface area (Å²) in [6.07, 6.45) is 0.639. The number of para-hydroxylation sites is 1. The first-order valence-corrected chi connectivity index (χ1v) is 24.9. The molecule has 9 amide bonds. The van der Waals surface area contributed by atoms with Crippen LogP contribution in [0, 0.1) is 0 Å². The zero-order chi connectivity index (χ0) is 58.3. The van der Waals surface area contributed by atoms with Crippen molar-refractivity contribution in [2.75, 3.05) is 39.5 Å². The van der Waals surface area contributed by atoms with Crippen molar-refractivity contribution in [2.24, 2.45) is 5.73 Å². The third-order valence-corrected chi connectivity index (χ3v) is 12.2. The molecule has 5 aromatic rings. The number of amides is 9. The van der Waals surface area contributed by atoms with Gasteiger partial charge >= 0.3 is 5.97 Å². The molecule has 0 aliphatic rings. The molecule has 0 bridgehead atoms. The maximum absolute atomic E-state index is 14.4. The Hall–Kier alpha value is -9.44. The molecular formula is C53H63N11O16. The van der Waals surface area contributed by atoms with Crippen LogP contribution in [0.5, 0.6) is 11.5 Å². The summed E-state index contributed by atoms with van der Waals surface area (Å²) in [7, 11) is 0. The molecule has 1 heterocycles. The SMILES string of the molecule is NCC(=O)NCC(=O)N[C@@H](CO)C(=O)N[C@@H](Cc1ccccc1)C(=O)N[C@@H](CO)C(=O)NCC(=O)N[C@@H](Cc1ccc(O)cc1)C(=O)N[C@@H](Cc1ccc(O)cc1)C(=O)N[C@@H](Cc1c[nH]c2ccccc12)C(=O)N[C@@H](CO)C(=O)O. The molecule has 1 aromatic heterocycles. The number of phenols is 2. The maximum atomic E-state index is 14.4. The number of aliphatic hydroxyl groups is 3. The van der Waals surface area contributed by atoms with Gasteiger partial charge in [-0.2, -0.15) is 0 Å². The summed E-state index contributed by atoms with van der Waals surface area (Å²) in [5.74, 6) is -10.4. The lowest BCUT2D eigenvalue weighted by Crippen LogP contribution is -2.60. The predicted molar refractivity (Wildman–Crippen MR) is 283 cm³/mol. The minimum absolute atomic E-state index is 0.121. The number of nitrogens with one attached hydrogen (secondary N) is 10. The first-order valence-electron chi connectivity index (χ1n) is 24.9. The highest BCUT2D eigenvalue weighted by Crippen LogP contribution is 2.20. The van der Waals surface area contributed by atoms with Gasteiger partial charge in [0.15, 0.2) is 0 Å². The van der Waals surface area contributed by atoms with Gasteiger partial charge in [-0.25, -0.2) is 4.79 Å². The number of benzene rings is 4. The van der Waals surface area contributed by atoms with Crippen LogP contribution in [0.2, 0.25) is 0 Å². The van der Waals surface area contributed by atoms with E-state index in [1.54, 1.807) is 60.8 Å². The molecule has 27 heteroatoms. The van der Waals surface area contributed by atoms with Gasteiger partial charge in [0, 0.05) is 42.8 Å². The molecule has 4 aromatic carbocycles. The van der Waals surface area contributed by atoms with Crippen LogP contribution in [-0.2, 0) is 73.6 Å². The molecule has 0 unspecified atom stereocenters. The van der Waals surface area contributed by atoms with Crippen molar-refractivity contribution >= 4 is 70.0 Å². The van der Waals surface area contributed by atoms with Crippen molar-refractivity contribution in [1.82, 2.24) is 52.8 Å². The number of nitrogens with two attached hydrogens (primary N) is 1. The molecule has 0 fully saturated rings. The number of H-pyrrole nitrogens is 1. The molecule has 426 valence electrons. The van der Waals surface area contributed by atoms with Crippen LogP contribution < -0.4 is 53.6 Å². The third kappa shape index (κ3) is 18.9. The molecule has 0 aliphatic heterocycles. The number of aliphatic hydroxyl groups excluding tert-OH is 3. The lowest BCUT2D eigenvalue weighted by atomic mass is 10.0. The average Bonchev–Trinajstić information content (AvgIpc) is 3.86. The lowest BCUT2D eigenvalue weighted by Gasteiger charge is -2.26. The number of rotatable bonds is 30. The fourth-order valence-electron chi connectivity index (χ4n) is 7.91. The molecule has 0 saturated heterocycles. The molecular weight excluding hydrogens is 1050 g/mol. The number of phenolic OH excluding ortho intramolecular Hbond substituents is 2. The Morgan fingerprint density at radius 3 is 1.30 bits per heavy atom. The van der Waals surface area contributed by atoms with Crippen LogP contribution in [0.15, 0.2) is 109 Å². The molecule has 80 heavy (non-hydrogen) atoms. The first kappa shape index (κ1) is 61.4. The Kier molecular flexibility index (Phi) is 23.4. The number of aliphatic carboxylic acids is 1. The Balaban J connectivity index is 1.33. The molecule has 18 N–H and O–H groups in total. The van der Waals surface area contributed by atoms with E-state index in [0.717, 1.165) is 0 Å². The fraction of sp³-hybridized carbons (Fsp3) is 0.321. The number of aromatic nitrogens is 1. The number of aromatic hydroxyl groups is 2. The normalized spacial score (nSPS) is 13.6. The quantitative estimate of drug-likeness (QED) is 0.0206. The van der Waals surface area contributed by atoms with Crippen molar-refractivity contribution in [3.63, 3.8) is 0 Å². The van der Waals surface area contributed by atoms with Gasteiger partial charge in [0.1, 0.15) is 53.8 Å². The van der Waals surface area contributed by atoms with Crippen molar-refractivity contribution < 1.29 is 78.6 Å². The summed E-state index contributed by atoms with van der Waals surface area (Å²) in [5, 5.41) is 81.4. The number of carbonyl (C=O) groups is 10. The van der Waals surface area contributed by atoms with Crippen molar-refractivity contribution in [3.8, 4) is 11.5 Å². The second-order valence-electron chi connectivity index (χ2n) is 18.1. The van der Waals surface area contributed by atoms with E-state index in [0.29, 0.717) is 33.2 Å². The molecule has 27 nitrogen and oxygen atoms in total. The fourth-order valence-corrected chi connectivity index (χ4v) is 7.91. The number of carboxylic acids is 1. The third-order valence-electron chi connectivity index (χ3n) is 12.2. The number of carboxylic acid groups (broad SMARTS) is 1. The number of carbonyl (C=O) groups excluding carboxylic acids is 9. The van der Waals surface area contributed by atoms with Gasteiger partial charge in [-0.3, -0.25) is 43.2 Å². The summed E-state index contributed by atoms with van der Waals surface area (Å²) in [4.78, 5) is 136. The Morgan fingerprint density at radius 1 is 0.425 bits per heavy atom. The predicted octanol–water partition coefficient (Wildman–Crippen LogP) is -4.50. The standard InChI is InChI=1S/C53H63N11O16/c54-22-44(70)56-24-45(71)59-42(27-66)52(78)61-38(18-29-6-2-1-3-7-29)50(76)63-41(26-65)47(73)57-25-46(72)58-37(19-30-10-14-33(68)15-11-30)48(74)60-39(20-31-12-16-34(69)17-13-31)49(75)62-40(51(77)64-43(28-67)53(79)80)21-32-23-55-36-9-5-4-8-35(32)36/h1-17,23,37-43,55,65-69H,18-22,24-28,54H2,(H,56,70)(H,57,73)(H,58,72)(H,59,71)(H,60,74)(H,61,78)(H,62,75)(H,63,76)(H,64,77)(H,79,80)/t37-,38-,39-,40-,41-,42-,43-/m0/s1. The number of fused-ring (bicyclic) bond motifs is 1. The van der Waals surface area contributed by atoms with E-state index in [-0.39, 0.29) is 37.2 Å². The van der Waals surface area contributed by atoms with E-state index >= 15 is 0 Å². The maximum Gasteiger partial charge on any atom is 0.328 e. The van der Waals surface area contributed by atoms with Crippen LogP contribution in [0.4, 0.5) is 0 Å². The topological polar surface area (TPSA) is 442 Å². The van der Waals surface area contributed by atoms with E-state index < -0.39 is 141 Å². The second-order valence-corrected chi connectivity index (χ2v) is 18.1. The monoisotopic (exact) mass is 1110 g/mol. The Labute approximate surface area is 456 Å². The number of aromatic amines is 1. The molecule has 0 spiro atoms. The summed E-state index contributed by atoms with van der Waals surface area (Å²) >= 11 is 0. The highest BCUT2D eigenvalue weighted by molar-refractivity contribution is 5.98. The number of hydrogen-bond donors (Lipinski definition) is 17. The van der Waals surface area contributed by atoms with Gasteiger partial charge < -0.3 is 89.2 Å². The molecule has 0 radical (unpaired) electrons. The van der Waals surface area contributed by atoms with Crippen LogP contribution in [0.3, 0.4) is 0 Å². The van der Waals surface area contributed by atoms with Crippen LogP contribution in [-0.4, -0.2) is 177 Å². The number of hydrogen-bond acceptors (Lipinski definition) is 16. The highest BCUT2D eigenvalue weighted by atomic mass is 16.4. The Morgan fingerprint density at radius 2 is 0.812 bits per heavy atom. The van der Waals surface area contributed by atoms with Gasteiger partial charge in [0.25, 0.3) is 0 Å². The van der Waals surface area contributed by atoms with Crippen molar-refractivity contribution in [2.45, 2.75) is 68.0 Å². The summed E-state index contributed by atoms with van der Waals surface area (Å²) in [6.45, 7) is -4.82. The van der Waals surface area contributed by atoms with Crippen molar-refractivity contribution in [3.05, 3.63) is 132 Å². The average molecular weight is 1110 g/mol. The van der Waals surface area contributed by atoms with Gasteiger partial charge in [-0.15, -0.1) is 0 Å². The van der Waals surface area contributed by atoms with Crippen molar-refractivity contribution in [1.29, 1.82) is 0 Å². The van der Waals surface area contributed by atoms with E-state index in [1.165, 1.54) is 48.5 Å². The van der Waals surface area contributed by atoms with Crippen LogP contribution in [0.25, 0.3) is 10.9 Å². The summed E-state index contributed by atoms with van der Waals surface area (Å²) in [6, 6.07) is 15.1. The van der Waals surface area contributed by atoms with Crippen LogP contribution >= 0.6 is 0 Å². The summed E-state index contributed by atoms with van der Waals surface area (Å²) < 4.78 is 0. The van der Waals surface area contributed by atoms with Gasteiger partial charge in [0.05, 0.1) is 39.5 Å². The minimum atomic E-state index is -1.75. The zero-order valence-electron chi connectivity index (χ0n) is 42.8. The van der Waals surface area contributed by atoms with Gasteiger partial charge in [-0.05, 0) is 52.6 Å². The minimum Gasteiger partial charge on any atom is -0.508 e. The molecule has 7 atom stereocenters. The van der Waals surface area contributed by atoms with Gasteiger partial charge in [0.2, 0.25) is 53.2 Å². The second kappa shape index (κ2) is 30.5. The van der Waals surface area contributed by atoms with Gasteiger partial charge in [-0.1, -0.05) is 72.8 Å². The molecule has 0 saturated carbocycles. The van der Waals surface area contributed by atoms with E-state index in [9.17, 15) is 78.6 Å². The first-order chi connectivity index (χ1) is 38.3. The van der Waals surface area contributed by atoms with Crippen LogP contribution in [0.1, 0.15) is 22.3 Å². The molecule has 0 aliphatic carbocycles. The Bertz CT molecular complexity index is 2960. The summed E-state index contributed by atoms with van der Waals surface area (Å²) in [5.41, 5.74) is 7.76. The van der Waals surface area contributed by atoms with E-state index in [4.69, 9.17) is 5.73 Å². The van der Waals surface area contributed by atoms with E-state index in [2.05, 4.69) is 52.8 Å². The van der Waals surface area contributed by atoms with E-state index in [1.807, 2.05) is 0 Å². The highest BCUT2D eigenvalue weighted by Gasteiger charge is 2.34. The zero-order valence-corrected chi connectivity index (χ0v) is 42.8. The smallest absolute Gasteiger partial charge is 0.328 e. The largest absolute Gasteiger partial charge is 0.508 e. The lowest BCUT2D eigenvalue weighted by molar-refractivity contribution is -0.143.